The first-order valence-corrected chi connectivity index (χ1v) is 9.94. The Morgan fingerprint density at radius 1 is 1.26 bits per heavy atom. The van der Waals surface area contributed by atoms with E-state index in [4.69, 9.17) is 4.74 Å². The zero-order chi connectivity index (χ0) is 19.4. The Morgan fingerprint density at radius 3 is 2.70 bits per heavy atom. The molecule has 2 saturated heterocycles. The first-order valence-electron chi connectivity index (χ1n) is 9.94. The van der Waals surface area contributed by atoms with E-state index in [-0.39, 0.29) is 18.0 Å². The minimum Gasteiger partial charge on any atom is -0.390 e. The fraction of sp³-hybridized carbons (Fsp3) is 0.667. The van der Waals surface area contributed by atoms with Crippen molar-refractivity contribution in [2.24, 2.45) is 0 Å². The molecule has 2 N–H and O–H groups in total. The molecular weight excluding hydrogens is 342 g/mol. The van der Waals surface area contributed by atoms with Gasteiger partial charge in [0.1, 0.15) is 0 Å². The summed E-state index contributed by atoms with van der Waals surface area (Å²) in [6.45, 7) is 9.01. The average molecular weight is 376 g/mol. The van der Waals surface area contributed by atoms with Gasteiger partial charge in [0.15, 0.2) is 0 Å². The summed E-state index contributed by atoms with van der Waals surface area (Å²) in [5, 5.41) is 13.1. The molecule has 0 saturated carbocycles. The van der Waals surface area contributed by atoms with Gasteiger partial charge in [-0.25, -0.2) is 0 Å². The third kappa shape index (κ3) is 5.75. The number of carbonyl (C=O) groups excluding carboxylic acids is 1. The van der Waals surface area contributed by atoms with E-state index < -0.39 is 5.60 Å². The summed E-state index contributed by atoms with van der Waals surface area (Å²) in [5.74, 6) is -0.0465. The van der Waals surface area contributed by atoms with Crippen LogP contribution in [0, 0.1) is 0 Å². The van der Waals surface area contributed by atoms with Crippen molar-refractivity contribution in [2.45, 2.75) is 44.4 Å². The molecule has 0 aliphatic carbocycles. The molecule has 2 heterocycles. The van der Waals surface area contributed by atoms with E-state index in [0.29, 0.717) is 25.2 Å². The van der Waals surface area contributed by atoms with Crippen LogP contribution in [0.4, 0.5) is 0 Å². The molecule has 2 fully saturated rings. The standard InChI is InChI=1S/C21H33N3O3/c1-21(2,26)8-7-16-5-4-6-17(13-16)20(25)22-18-14-27-15-19(18)24-11-9-23(3)10-12-24/h4-6,13,18-19,26H,7-12,14-15H2,1-3H3,(H,22,25)/t18-,19-/m1/s1. The fourth-order valence-electron chi connectivity index (χ4n) is 3.76. The van der Waals surface area contributed by atoms with Gasteiger partial charge in [-0.15, -0.1) is 0 Å². The lowest BCUT2D eigenvalue weighted by Gasteiger charge is -2.38. The van der Waals surface area contributed by atoms with E-state index in [1.54, 1.807) is 0 Å². The van der Waals surface area contributed by atoms with Crippen molar-refractivity contribution in [2.75, 3.05) is 46.4 Å². The summed E-state index contributed by atoms with van der Waals surface area (Å²) in [6, 6.07) is 7.99. The minimum absolute atomic E-state index is 0.0286. The highest BCUT2D eigenvalue weighted by molar-refractivity contribution is 5.94. The summed E-state index contributed by atoms with van der Waals surface area (Å²) >= 11 is 0. The summed E-state index contributed by atoms with van der Waals surface area (Å²) in [4.78, 5) is 17.6. The average Bonchev–Trinajstić information content (AvgIpc) is 3.08. The van der Waals surface area contributed by atoms with Crippen LogP contribution in [0.15, 0.2) is 24.3 Å². The van der Waals surface area contributed by atoms with Crippen molar-refractivity contribution in [3.05, 3.63) is 35.4 Å². The maximum Gasteiger partial charge on any atom is 0.251 e. The van der Waals surface area contributed by atoms with Crippen molar-refractivity contribution in [1.82, 2.24) is 15.1 Å². The molecule has 150 valence electrons. The van der Waals surface area contributed by atoms with Crippen LogP contribution in [0.3, 0.4) is 0 Å². The van der Waals surface area contributed by atoms with Gasteiger partial charge in [0.2, 0.25) is 0 Å². The van der Waals surface area contributed by atoms with E-state index in [0.717, 1.165) is 38.2 Å². The van der Waals surface area contributed by atoms with Gasteiger partial charge in [-0.05, 0) is 51.4 Å². The van der Waals surface area contributed by atoms with Crippen LogP contribution in [0.5, 0.6) is 0 Å². The molecular formula is C21H33N3O3. The first-order chi connectivity index (χ1) is 12.8. The molecule has 0 radical (unpaired) electrons. The van der Waals surface area contributed by atoms with Crippen LogP contribution in [-0.4, -0.2) is 84.9 Å². The summed E-state index contributed by atoms with van der Waals surface area (Å²) in [6.07, 6.45) is 1.42. The topological polar surface area (TPSA) is 65.0 Å². The Balaban J connectivity index is 1.59. The van der Waals surface area contributed by atoms with Crippen molar-refractivity contribution < 1.29 is 14.6 Å². The smallest absolute Gasteiger partial charge is 0.251 e. The first kappa shape index (κ1) is 20.3. The fourth-order valence-corrected chi connectivity index (χ4v) is 3.76. The van der Waals surface area contributed by atoms with Crippen molar-refractivity contribution >= 4 is 5.91 Å². The number of nitrogens with one attached hydrogen (secondary N) is 1. The normalized spacial score (nSPS) is 24.9. The second-order valence-electron chi connectivity index (χ2n) is 8.54. The number of hydrogen-bond donors (Lipinski definition) is 2. The Hall–Kier alpha value is -1.47. The number of carbonyl (C=O) groups is 1. The Kier molecular flexibility index (Phi) is 6.52. The lowest BCUT2D eigenvalue weighted by Crippen LogP contribution is -2.56. The van der Waals surface area contributed by atoms with Crippen LogP contribution >= 0.6 is 0 Å². The lowest BCUT2D eigenvalue weighted by molar-refractivity contribution is 0.0714. The molecule has 0 unspecified atom stereocenters. The predicted molar refractivity (Wildman–Crippen MR) is 106 cm³/mol. The van der Waals surface area contributed by atoms with E-state index in [1.807, 2.05) is 38.1 Å². The number of piperazine rings is 1. The van der Waals surface area contributed by atoms with Crippen LogP contribution in [0.2, 0.25) is 0 Å². The molecule has 2 aliphatic rings. The van der Waals surface area contributed by atoms with E-state index >= 15 is 0 Å². The monoisotopic (exact) mass is 375 g/mol. The molecule has 6 heteroatoms. The van der Waals surface area contributed by atoms with Crippen LogP contribution in [0.1, 0.15) is 36.2 Å². The van der Waals surface area contributed by atoms with Crippen LogP contribution in [0.25, 0.3) is 0 Å². The number of likely N-dealkylation sites (N-methyl/N-ethyl adjacent to an activating group) is 1. The predicted octanol–water partition coefficient (Wildman–Crippen LogP) is 1.13. The highest BCUT2D eigenvalue weighted by Crippen LogP contribution is 2.17. The second-order valence-corrected chi connectivity index (χ2v) is 8.54. The van der Waals surface area contributed by atoms with E-state index in [1.165, 1.54) is 0 Å². The van der Waals surface area contributed by atoms with Crippen molar-refractivity contribution in [1.29, 1.82) is 0 Å². The molecule has 6 nitrogen and oxygen atoms in total. The largest absolute Gasteiger partial charge is 0.390 e. The Bertz CT molecular complexity index is 636. The number of rotatable bonds is 6. The van der Waals surface area contributed by atoms with E-state index in [9.17, 15) is 9.90 Å². The number of ether oxygens (including phenoxy) is 1. The number of hydrogen-bond acceptors (Lipinski definition) is 5. The van der Waals surface area contributed by atoms with Gasteiger partial charge in [0, 0.05) is 31.7 Å². The molecule has 27 heavy (non-hydrogen) atoms. The maximum atomic E-state index is 12.8. The third-order valence-corrected chi connectivity index (χ3v) is 5.59. The highest BCUT2D eigenvalue weighted by Gasteiger charge is 2.35. The van der Waals surface area contributed by atoms with Gasteiger partial charge in [-0.1, -0.05) is 12.1 Å². The summed E-state index contributed by atoms with van der Waals surface area (Å²) < 4.78 is 5.69. The summed E-state index contributed by atoms with van der Waals surface area (Å²) in [5.41, 5.74) is 1.05. The molecule has 1 amide bonds. The zero-order valence-electron chi connectivity index (χ0n) is 16.8. The highest BCUT2D eigenvalue weighted by atomic mass is 16.5. The molecule has 0 spiro atoms. The molecule has 1 aromatic rings. The van der Waals surface area contributed by atoms with Gasteiger partial charge < -0.3 is 20.1 Å². The Labute approximate surface area is 162 Å². The lowest BCUT2D eigenvalue weighted by atomic mass is 9.97. The third-order valence-electron chi connectivity index (χ3n) is 5.59. The van der Waals surface area contributed by atoms with Crippen LogP contribution in [-0.2, 0) is 11.2 Å². The number of aliphatic hydroxyl groups is 1. The Morgan fingerprint density at radius 2 is 2.00 bits per heavy atom. The van der Waals surface area contributed by atoms with Gasteiger partial charge in [-0.3, -0.25) is 9.69 Å². The number of benzene rings is 1. The molecule has 1 aromatic carbocycles. The number of amides is 1. The van der Waals surface area contributed by atoms with Gasteiger partial charge >= 0.3 is 0 Å². The van der Waals surface area contributed by atoms with Crippen LogP contribution < -0.4 is 5.32 Å². The SMILES string of the molecule is CN1CCN([C@@H]2COC[C@H]2NC(=O)c2cccc(CCC(C)(C)O)c2)CC1. The van der Waals surface area contributed by atoms with Gasteiger partial charge in [0.05, 0.1) is 30.9 Å². The summed E-state index contributed by atoms with van der Waals surface area (Å²) in [7, 11) is 2.15. The number of nitrogens with zero attached hydrogens (tertiary/aromatic N) is 2. The zero-order valence-corrected chi connectivity index (χ0v) is 16.8. The van der Waals surface area contributed by atoms with E-state index in [2.05, 4.69) is 22.2 Å². The molecule has 2 atom stereocenters. The molecule has 3 rings (SSSR count). The quantitative estimate of drug-likeness (QED) is 0.781. The minimum atomic E-state index is -0.699. The second kappa shape index (κ2) is 8.69. The van der Waals surface area contributed by atoms with Crippen molar-refractivity contribution in [3.63, 3.8) is 0 Å². The molecule has 0 aromatic heterocycles. The van der Waals surface area contributed by atoms with Gasteiger partial charge in [-0.2, -0.15) is 0 Å². The molecule has 0 bridgehead atoms. The maximum absolute atomic E-state index is 12.8. The van der Waals surface area contributed by atoms with Crippen molar-refractivity contribution in [3.8, 4) is 0 Å². The van der Waals surface area contributed by atoms with Gasteiger partial charge in [0.25, 0.3) is 5.91 Å². The molecule has 2 aliphatic heterocycles. The number of aryl methyl sites for hydroxylation is 1.